The van der Waals surface area contributed by atoms with Crippen molar-refractivity contribution in [2.75, 3.05) is 6.61 Å². The Morgan fingerprint density at radius 3 is 1.55 bits per heavy atom. The standard InChI is InChI=1S/C35H44O5/c1-5-9-11-26(7-3)25-38-31-21-23-33(24-22-31)40-35(37)30-15-13-29(14-16-30)34(36)39-32-19-17-28(18-20-32)27(8-4)12-10-6-2/h13-24,26-27H,5-12,25H2,1-4H3. The van der Waals surface area contributed by atoms with Crippen molar-refractivity contribution in [2.45, 2.75) is 85.0 Å². The van der Waals surface area contributed by atoms with Crippen LogP contribution in [0.15, 0.2) is 72.8 Å². The van der Waals surface area contributed by atoms with Gasteiger partial charge in [-0.3, -0.25) is 0 Å². The van der Waals surface area contributed by atoms with E-state index in [1.807, 2.05) is 36.4 Å². The van der Waals surface area contributed by atoms with E-state index in [1.165, 1.54) is 44.1 Å². The third kappa shape index (κ3) is 9.55. The van der Waals surface area contributed by atoms with Gasteiger partial charge in [-0.05, 0) is 97.3 Å². The number of rotatable bonds is 16. The summed E-state index contributed by atoms with van der Waals surface area (Å²) < 4.78 is 17.0. The Morgan fingerprint density at radius 2 is 1.07 bits per heavy atom. The monoisotopic (exact) mass is 544 g/mol. The SMILES string of the molecule is CCCCC(CC)COc1ccc(OC(=O)c2ccc(C(=O)Oc3ccc(C(CC)CCCC)cc3)cc2)cc1. The van der Waals surface area contributed by atoms with Crippen LogP contribution >= 0.6 is 0 Å². The van der Waals surface area contributed by atoms with Crippen LogP contribution in [0.25, 0.3) is 0 Å². The van der Waals surface area contributed by atoms with Crippen molar-refractivity contribution in [3.63, 3.8) is 0 Å². The van der Waals surface area contributed by atoms with Crippen LogP contribution in [0.3, 0.4) is 0 Å². The third-order valence-corrected chi connectivity index (χ3v) is 7.38. The van der Waals surface area contributed by atoms with Gasteiger partial charge in [0.1, 0.15) is 17.2 Å². The lowest BCUT2D eigenvalue weighted by molar-refractivity contribution is 0.0720. The molecule has 2 atom stereocenters. The summed E-state index contributed by atoms with van der Waals surface area (Å²) in [6.45, 7) is 9.49. The van der Waals surface area contributed by atoms with E-state index in [9.17, 15) is 9.59 Å². The number of carbonyl (C=O) groups is 2. The molecule has 0 spiro atoms. The molecule has 3 aromatic rings. The number of hydrogen-bond acceptors (Lipinski definition) is 5. The summed E-state index contributed by atoms with van der Waals surface area (Å²) in [5.74, 6) is 1.80. The molecule has 0 saturated heterocycles. The van der Waals surface area contributed by atoms with Gasteiger partial charge in [0, 0.05) is 0 Å². The summed E-state index contributed by atoms with van der Waals surface area (Å²) in [7, 11) is 0. The minimum Gasteiger partial charge on any atom is -0.493 e. The van der Waals surface area contributed by atoms with Crippen LogP contribution < -0.4 is 14.2 Å². The lowest BCUT2D eigenvalue weighted by atomic mass is 9.91. The number of benzene rings is 3. The van der Waals surface area contributed by atoms with Crippen LogP contribution in [-0.4, -0.2) is 18.5 Å². The Bertz CT molecular complexity index is 1170. The number of carbonyl (C=O) groups excluding carboxylic acids is 2. The van der Waals surface area contributed by atoms with E-state index in [-0.39, 0.29) is 0 Å². The number of esters is 2. The molecule has 3 aromatic carbocycles. The molecule has 0 amide bonds. The minimum absolute atomic E-state index is 0.348. The second-order valence-electron chi connectivity index (χ2n) is 10.4. The highest BCUT2D eigenvalue weighted by atomic mass is 16.5. The van der Waals surface area contributed by atoms with E-state index in [0.29, 0.717) is 41.1 Å². The lowest BCUT2D eigenvalue weighted by Crippen LogP contribution is -2.12. The zero-order chi connectivity index (χ0) is 28.7. The molecule has 0 saturated carbocycles. The molecule has 214 valence electrons. The molecular formula is C35H44O5. The maximum atomic E-state index is 12.7. The normalized spacial score (nSPS) is 12.4. The topological polar surface area (TPSA) is 61.8 Å². The first kappa shape index (κ1) is 30.9. The van der Waals surface area contributed by atoms with Gasteiger partial charge in [0.25, 0.3) is 0 Å². The summed E-state index contributed by atoms with van der Waals surface area (Å²) in [4.78, 5) is 25.3. The molecule has 3 rings (SSSR count). The molecule has 0 aliphatic carbocycles. The molecule has 0 aliphatic heterocycles. The number of hydrogen-bond donors (Lipinski definition) is 0. The second-order valence-corrected chi connectivity index (χ2v) is 10.4. The van der Waals surface area contributed by atoms with Crippen molar-refractivity contribution >= 4 is 11.9 Å². The largest absolute Gasteiger partial charge is 0.493 e. The molecule has 0 aliphatic rings. The van der Waals surface area contributed by atoms with Gasteiger partial charge in [-0.15, -0.1) is 0 Å². The molecule has 5 heteroatoms. The minimum atomic E-state index is -0.497. The van der Waals surface area contributed by atoms with Gasteiger partial charge in [0.2, 0.25) is 0 Å². The van der Waals surface area contributed by atoms with Gasteiger partial charge >= 0.3 is 11.9 Å². The molecule has 0 heterocycles. The van der Waals surface area contributed by atoms with Crippen LogP contribution in [0.2, 0.25) is 0 Å². The quantitative estimate of drug-likeness (QED) is 0.133. The zero-order valence-electron chi connectivity index (χ0n) is 24.5. The van der Waals surface area contributed by atoms with E-state index in [2.05, 4.69) is 27.7 Å². The van der Waals surface area contributed by atoms with Crippen molar-refractivity contribution in [1.82, 2.24) is 0 Å². The highest BCUT2D eigenvalue weighted by molar-refractivity contribution is 5.94. The third-order valence-electron chi connectivity index (χ3n) is 7.38. The Kier molecular flexibility index (Phi) is 12.8. The average Bonchev–Trinajstić information content (AvgIpc) is 2.99. The van der Waals surface area contributed by atoms with Gasteiger partial charge in [-0.25, -0.2) is 9.59 Å². The van der Waals surface area contributed by atoms with Crippen molar-refractivity contribution < 1.29 is 23.8 Å². The average molecular weight is 545 g/mol. The van der Waals surface area contributed by atoms with E-state index >= 15 is 0 Å². The van der Waals surface area contributed by atoms with Gasteiger partial charge in [0.15, 0.2) is 0 Å². The molecule has 0 aromatic heterocycles. The first-order valence-corrected chi connectivity index (χ1v) is 14.8. The fraction of sp³-hybridized carbons (Fsp3) is 0.429. The fourth-order valence-corrected chi connectivity index (χ4v) is 4.66. The highest BCUT2D eigenvalue weighted by Crippen LogP contribution is 2.27. The second kappa shape index (κ2) is 16.5. The Morgan fingerprint density at radius 1 is 0.600 bits per heavy atom. The highest BCUT2D eigenvalue weighted by Gasteiger charge is 2.14. The molecule has 0 radical (unpaired) electrons. The Balaban J connectivity index is 1.51. The van der Waals surface area contributed by atoms with Crippen molar-refractivity contribution in [1.29, 1.82) is 0 Å². The molecule has 2 unspecified atom stereocenters. The van der Waals surface area contributed by atoms with Crippen LogP contribution in [0, 0.1) is 5.92 Å². The van der Waals surface area contributed by atoms with Gasteiger partial charge in [-0.2, -0.15) is 0 Å². The molecule has 0 fully saturated rings. The molecule has 0 bridgehead atoms. The summed E-state index contributed by atoms with van der Waals surface area (Å²) in [6, 6.07) is 21.1. The van der Waals surface area contributed by atoms with E-state index in [1.54, 1.807) is 36.4 Å². The number of unbranched alkanes of at least 4 members (excludes halogenated alkanes) is 2. The predicted octanol–water partition coefficient (Wildman–Crippen LogP) is 9.40. The lowest BCUT2D eigenvalue weighted by Gasteiger charge is -2.15. The zero-order valence-corrected chi connectivity index (χ0v) is 24.5. The first-order chi connectivity index (χ1) is 19.5. The van der Waals surface area contributed by atoms with Crippen molar-refractivity contribution in [2.24, 2.45) is 5.92 Å². The van der Waals surface area contributed by atoms with E-state index < -0.39 is 11.9 Å². The van der Waals surface area contributed by atoms with Crippen LogP contribution in [-0.2, 0) is 0 Å². The smallest absolute Gasteiger partial charge is 0.343 e. The Hall–Kier alpha value is -3.60. The predicted molar refractivity (Wildman–Crippen MR) is 161 cm³/mol. The van der Waals surface area contributed by atoms with E-state index in [0.717, 1.165) is 18.6 Å². The number of ether oxygens (including phenoxy) is 3. The molecule has 5 nitrogen and oxygen atoms in total. The summed E-state index contributed by atoms with van der Waals surface area (Å²) in [6.07, 6.45) is 9.32. The maximum absolute atomic E-state index is 12.7. The summed E-state index contributed by atoms with van der Waals surface area (Å²) in [5, 5.41) is 0. The van der Waals surface area contributed by atoms with Crippen LogP contribution in [0.1, 0.15) is 111 Å². The van der Waals surface area contributed by atoms with Crippen LogP contribution in [0.5, 0.6) is 17.2 Å². The van der Waals surface area contributed by atoms with Gasteiger partial charge in [0.05, 0.1) is 17.7 Å². The molecule has 40 heavy (non-hydrogen) atoms. The van der Waals surface area contributed by atoms with Crippen LogP contribution in [0.4, 0.5) is 0 Å². The molecular weight excluding hydrogens is 500 g/mol. The molecule has 0 N–H and O–H groups in total. The fourth-order valence-electron chi connectivity index (χ4n) is 4.66. The van der Waals surface area contributed by atoms with Gasteiger partial charge < -0.3 is 14.2 Å². The Labute approximate surface area is 239 Å². The van der Waals surface area contributed by atoms with E-state index in [4.69, 9.17) is 14.2 Å². The maximum Gasteiger partial charge on any atom is 0.343 e. The van der Waals surface area contributed by atoms with Gasteiger partial charge in [-0.1, -0.05) is 71.9 Å². The first-order valence-electron chi connectivity index (χ1n) is 14.8. The van der Waals surface area contributed by atoms with Crippen molar-refractivity contribution in [3.05, 3.63) is 89.5 Å². The summed E-state index contributed by atoms with van der Waals surface area (Å²) >= 11 is 0. The summed E-state index contributed by atoms with van der Waals surface area (Å²) in [5.41, 5.74) is 1.98. The van der Waals surface area contributed by atoms with Crippen molar-refractivity contribution in [3.8, 4) is 17.2 Å².